The quantitative estimate of drug-likeness (QED) is 0.626. The average molecular weight is 410 g/mol. The number of nitrogens with zero attached hydrogens (tertiary/aromatic N) is 5. The molecule has 0 atom stereocenters. The summed E-state index contributed by atoms with van der Waals surface area (Å²) in [5, 5.41) is 4.96. The number of hydrogen-bond donors (Lipinski definition) is 0. The van der Waals surface area contributed by atoms with E-state index in [-0.39, 0.29) is 18.3 Å². The number of aromatic nitrogens is 3. The Labute approximate surface area is 169 Å². The van der Waals surface area contributed by atoms with Crippen molar-refractivity contribution >= 4 is 45.0 Å². The summed E-state index contributed by atoms with van der Waals surface area (Å²) in [5.74, 6) is 0.606. The molecule has 0 spiro atoms. The van der Waals surface area contributed by atoms with Crippen molar-refractivity contribution in [2.75, 3.05) is 39.2 Å². The maximum Gasteiger partial charge on any atom is 0.278 e. The fourth-order valence-electron chi connectivity index (χ4n) is 2.72. The van der Waals surface area contributed by atoms with Crippen LogP contribution in [-0.2, 0) is 7.05 Å². The highest BCUT2D eigenvalue weighted by Crippen LogP contribution is 2.34. The second-order valence-corrected chi connectivity index (χ2v) is 7.37. The summed E-state index contributed by atoms with van der Waals surface area (Å²) in [5.41, 5.74) is 2.14. The number of benzene rings is 1. The minimum atomic E-state index is -0.104. The number of likely N-dealkylation sites (N-methyl/N-ethyl adjacent to an activating group) is 1. The van der Waals surface area contributed by atoms with Crippen LogP contribution in [0.3, 0.4) is 0 Å². The number of ether oxygens (including phenoxy) is 1. The molecule has 2 aromatic heterocycles. The molecule has 0 aliphatic rings. The van der Waals surface area contributed by atoms with Gasteiger partial charge in [0.15, 0.2) is 5.13 Å². The zero-order valence-corrected chi connectivity index (χ0v) is 17.7. The number of methoxy groups -OCH3 is 1. The van der Waals surface area contributed by atoms with Crippen molar-refractivity contribution in [1.29, 1.82) is 0 Å². The van der Waals surface area contributed by atoms with Crippen LogP contribution in [0, 0.1) is 6.92 Å². The lowest BCUT2D eigenvalue weighted by atomic mass is 10.3. The number of hydrogen-bond acceptors (Lipinski definition) is 6. The number of aryl methyl sites for hydroxylation is 2. The van der Waals surface area contributed by atoms with Gasteiger partial charge >= 0.3 is 0 Å². The van der Waals surface area contributed by atoms with E-state index in [1.807, 2.05) is 44.1 Å². The Balaban J connectivity index is 0.00000261. The second kappa shape index (κ2) is 8.69. The third kappa shape index (κ3) is 4.40. The maximum absolute atomic E-state index is 13.2. The Kier molecular flexibility index (Phi) is 6.80. The summed E-state index contributed by atoms with van der Waals surface area (Å²) < 4.78 is 8.01. The molecule has 27 heavy (non-hydrogen) atoms. The molecule has 1 aromatic carbocycles. The van der Waals surface area contributed by atoms with Crippen molar-refractivity contribution < 1.29 is 9.53 Å². The third-order valence-corrected chi connectivity index (χ3v) is 5.10. The number of fused-ring (bicyclic) bond motifs is 1. The highest BCUT2D eigenvalue weighted by atomic mass is 35.5. The van der Waals surface area contributed by atoms with E-state index in [1.165, 1.54) is 11.3 Å². The number of thiazole rings is 1. The first-order valence-electron chi connectivity index (χ1n) is 8.31. The predicted molar refractivity (Wildman–Crippen MR) is 112 cm³/mol. The van der Waals surface area contributed by atoms with Crippen molar-refractivity contribution in [3.63, 3.8) is 0 Å². The molecule has 0 radical (unpaired) electrons. The van der Waals surface area contributed by atoms with Gasteiger partial charge in [-0.15, -0.1) is 12.4 Å². The van der Waals surface area contributed by atoms with E-state index < -0.39 is 0 Å². The molecular weight excluding hydrogens is 386 g/mol. The monoisotopic (exact) mass is 409 g/mol. The zero-order valence-electron chi connectivity index (χ0n) is 16.1. The molecule has 0 saturated carbocycles. The van der Waals surface area contributed by atoms with Crippen molar-refractivity contribution in [2.45, 2.75) is 6.92 Å². The van der Waals surface area contributed by atoms with Crippen molar-refractivity contribution in [3.05, 3.63) is 35.7 Å². The number of anilines is 1. The molecule has 9 heteroatoms. The van der Waals surface area contributed by atoms with Gasteiger partial charge < -0.3 is 9.64 Å². The Bertz CT molecular complexity index is 937. The first-order chi connectivity index (χ1) is 12.4. The number of halogens is 1. The lowest BCUT2D eigenvalue weighted by Gasteiger charge is -2.21. The maximum atomic E-state index is 13.2. The van der Waals surface area contributed by atoms with E-state index in [0.29, 0.717) is 23.1 Å². The molecule has 7 nitrogen and oxygen atoms in total. The molecule has 146 valence electrons. The minimum absolute atomic E-state index is 0. The molecule has 3 aromatic rings. The smallest absolute Gasteiger partial charge is 0.278 e. The lowest BCUT2D eigenvalue weighted by molar-refractivity contribution is 0.0976. The predicted octanol–water partition coefficient (Wildman–Crippen LogP) is 2.98. The summed E-state index contributed by atoms with van der Waals surface area (Å²) in [6, 6.07) is 7.60. The number of amides is 1. The summed E-state index contributed by atoms with van der Waals surface area (Å²) in [6.07, 6.45) is 0. The van der Waals surface area contributed by atoms with Gasteiger partial charge in [0.2, 0.25) is 0 Å². The Morgan fingerprint density at radius 1 is 1.30 bits per heavy atom. The summed E-state index contributed by atoms with van der Waals surface area (Å²) in [4.78, 5) is 21.7. The van der Waals surface area contributed by atoms with Crippen molar-refractivity contribution in [2.24, 2.45) is 7.05 Å². The Hall–Kier alpha value is -2.16. The minimum Gasteiger partial charge on any atom is -0.494 e. The van der Waals surface area contributed by atoms with Gasteiger partial charge in [0, 0.05) is 20.1 Å². The van der Waals surface area contributed by atoms with Gasteiger partial charge in [-0.2, -0.15) is 5.10 Å². The van der Waals surface area contributed by atoms with Crippen LogP contribution in [0.4, 0.5) is 5.13 Å². The van der Waals surface area contributed by atoms with Gasteiger partial charge in [-0.1, -0.05) is 17.4 Å². The summed E-state index contributed by atoms with van der Waals surface area (Å²) >= 11 is 1.49. The van der Waals surface area contributed by atoms with E-state index >= 15 is 0 Å². The van der Waals surface area contributed by atoms with Gasteiger partial charge in [0.05, 0.1) is 17.5 Å². The fraction of sp³-hybridized carbons (Fsp3) is 0.389. The fourth-order valence-corrected chi connectivity index (χ4v) is 3.73. The zero-order chi connectivity index (χ0) is 18.8. The third-order valence-electron chi connectivity index (χ3n) is 4.06. The van der Waals surface area contributed by atoms with Crippen LogP contribution in [0.2, 0.25) is 0 Å². The highest BCUT2D eigenvalue weighted by molar-refractivity contribution is 7.22. The Morgan fingerprint density at radius 3 is 2.63 bits per heavy atom. The van der Waals surface area contributed by atoms with E-state index in [0.717, 1.165) is 22.5 Å². The van der Waals surface area contributed by atoms with Crippen LogP contribution in [0.25, 0.3) is 10.2 Å². The number of para-hydroxylation sites is 1. The van der Waals surface area contributed by atoms with Gasteiger partial charge in [-0.3, -0.25) is 14.4 Å². The molecule has 0 unspecified atom stereocenters. The van der Waals surface area contributed by atoms with Crippen LogP contribution in [-0.4, -0.2) is 59.9 Å². The average Bonchev–Trinajstić information content (AvgIpc) is 3.16. The highest BCUT2D eigenvalue weighted by Gasteiger charge is 2.24. The van der Waals surface area contributed by atoms with E-state index in [1.54, 1.807) is 29.8 Å². The molecule has 0 bridgehead atoms. The number of carbonyl (C=O) groups excluding carboxylic acids is 1. The first kappa shape index (κ1) is 21.1. The topological polar surface area (TPSA) is 63.5 Å². The molecule has 0 fully saturated rings. The van der Waals surface area contributed by atoms with Crippen LogP contribution in [0.5, 0.6) is 5.75 Å². The van der Waals surface area contributed by atoms with Crippen molar-refractivity contribution in [1.82, 2.24) is 19.7 Å². The second-order valence-electron chi connectivity index (χ2n) is 6.36. The molecule has 0 saturated heterocycles. The van der Waals surface area contributed by atoms with Gasteiger partial charge in [0.25, 0.3) is 5.91 Å². The van der Waals surface area contributed by atoms with Crippen LogP contribution >= 0.6 is 23.7 Å². The molecule has 2 heterocycles. The standard InChI is InChI=1S/C18H23N5O2S.ClH/c1-12-11-13(22(4)20-12)17(24)23(10-9-21(2)3)18-19-16-14(25-5)7-6-8-15(16)26-18;/h6-8,11H,9-10H2,1-5H3;1H. The molecular formula is C18H24ClN5O2S. The number of carbonyl (C=O) groups is 1. The molecule has 0 aliphatic carbocycles. The van der Waals surface area contributed by atoms with Gasteiger partial charge in [-0.25, -0.2) is 4.98 Å². The van der Waals surface area contributed by atoms with E-state index in [4.69, 9.17) is 9.72 Å². The van der Waals surface area contributed by atoms with Crippen molar-refractivity contribution in [3.8, 4) is 5.75 Å². The van der Waals surface area contributed by atoms with E-state index in [9.17, 15) is 4.79 Å². The van der Waals surface area contributed by atoms with Gasteiger partial charge in [0.1, 0.15) is 17.0 Å². The normalized spacial score (nSPS) is 10.9. The van der Waals surface area contributed by atoms with E-state index in [2.05, 4.69) is 5.10 Å². The van der Waals surface area contributed by atoms with Crippen LogP contribution < -0.4 is 9.64 Å². The van der Waals surface area contributed by atoms with Crippen LogP contribution in [0.1, 0.15) is 16.2 Å². The molecule has 0 N–H and O–H groups in total. The SMILES string of the molecule is COc1cccc2sc(N(CCN(C)C)C(=O)c3cc(C)nn3C)nc12.Cl. The van der Waals surface area contributed by atoms with Crippen LogP contribution in [0.15, 0.2) is 24.3 Å². The number of rotatable bonds is 6. The molecule has 0 aliphatic heterocycles. The summed E-state index contributed by atoms with van der Waals surface area (Å²) in [7, 11) is 7.38. The first-order valence-corrected chi connectivity index (χ1v) is 9.13. The Morgan fingerprint density at radius 2 is 2.04 bits per heavy atom. The lowest BCUT2D eigenvalue weighted by Crippen LogP contribution is -2.37. The molecule has 1 amide bonds. The molecule has 3 rings (SSSR count). The van der Waals surface area contributed by atoms with Gasteiger partial charge in [-0.05, 0) is 39.2 Å². The summed E-state index contributed by atoms with van der Waals surface area (Å²) in [6.45, 7) is 3.15. The largest absolute Gasteiger partial charge is 0.494 e.